The van der Waals surface area contributed by atoms with Crippen LogP contribution in [0.4, 0.5) is 23.2 Å². The Hall–Kier alpha value is -5.00. The fraction of sp³-hybridized carbons (Fsp3) is 0.596. The van der Waals surface area contributed by atoms with Gasteiger partial charge in [-0.2, -0.15) is 13.1 Å². The number of carbonyl (C=O) groups excluding carboxylic acids is 2. The smallest absolute Gasteiger partial charge is 0.313 e. The third-order valence-electron chi connectivity index (χ3n) is 12.5. The van der Waals surface area contributed by atoms with E-state index < -0.39 is 51.4 Å². The number of likely N-dealkylation sites (N-methyl/N-ethyl adjacent to an activating group) is 1. The maximum absolute atomic E-state index is 13.7. The summed E-state index contributed by atoms with van der Waals surface area (Å²) < 4.78 is 142. The number of amidine groups is 1. The zero-order valence-corrected chi connectivity index (χ0v) is 48.2. The highest BCUT2D eigenvalue weighted by Crippen LogP contribution is 2.34. The molecular weight excluding hydrogens is 1100 g/mol. The summed E-state index contributed by atoms with van der Waals surface area (Å²) in [4.78, 5) is 34.0. The molecule has 3 aromatic rings. The highest BCUT2D eigenvalue weighted by molar-refractivity contribution is 7.89. The average Bonchev–Trinajstić information content (AvgIpc) is 3.70. The summed E-state index contributed by atoms with van der Waals surface area (Å²) in [6, 6.07) is 12.7. The van der Waals surface area contributed by atoms with Crippen LogP contribution in [0.3, 0.4) is 0 Å². The monoisotopic (exact) mass is 1180 g/mol. The third kappa shape index (κ3) is 23.9. The number of nitrogens with zero attached hydrogens (tertiary/aromatic N) is 4. The number of esters is 1. The summed E-state index contributed by atoms with van der Waals surface area (Å²) in [6.07, 6.45) is 3.46. The number of fused-ring (bicyclic) bond motifs is 1. The van der Waals surface area contributed by atoms with Crippen molar-refractivity contribution in [2.24, 2.45) is 16.6 Å². The van der Waals surface area contributed by atoms with Gasteiger partial charge in [0.15, 0.2) is 11.6 Å². The van der Waals surface area contributed by atoms with Crippen molar-refractivity contribution in [3.63, 3.8) is 0 Å². The molecule has 2 aliphatic heterocycles. The first kappa shape index (κ1) is 67.8. The Labute approximate surface area is 479 Å². The first-order valence-corrected chi connectivity index (χ1v) is 29.2. The van der Waals surface area contributed by atoms with E-state index in [1.165, 1.54) is 4.31 Å². The van der Waals surface area contributed by atoms with E-state index in [0.717, 1.165) is 36.1 Å². The van der Waals surface area contributed by atoms with Gasteiger partial charge in [0, 0.05) is 62.9 Å². The van der Waals surface area contributed by atoms with Crippen molar-refractivity contribution >= 4 is 39.5 Å². The molecule has 0 radical (unpaired) electrons. The number of ether oxygens (including phenoxy) is 11. The molecule has 458 valence electrons. The molecule has 0 aromatic heterocycles. The van der Waals surface area contributed by atoms with Crippen LogP contribution in [0, 0.1) is 29.2 Å². The van der Waals surface area contributed by atoms with Gasteiger partial charge in [-0.05, 0) is 61.2 Å². The molecular formula is C57H81F4N5O15S. The van der Waals surface area contributed by atoms with E-state index in [2.05, 4.69) is 28.5 Å². The van der Waals surface area contributed by atoms with E-state index in [0.29, 0.717) is 156 Å². The number of rotatable bonds is 44. The van der Waals surface area contributed by atoms with Gasteiger partial charge >= 0.3 is 5.97 Å². The van der Waals surface area contributed by atoms with Crippen molar-refractivity contribution in [2.75, 3.05) is 178 Å². The summed E-state index contributed by atoms with van der Waals surface area (Å²) in [5.74, 6) is -8.99. The number of carbonyl (C=O) groups is 2. The second kappa shape index (κ2) is 38.0. The molecule has 1 saturated heterocycles. The molecule has 25 heteroatoms. The lowest BCUT2D eigenvalue weighted by Gasteiger charge is -2.40. The maximum atomic E-state index is 13.7. The Morgan fingerprint density at radius 1 is 0.622 bits per heavy atom. The molecule has 1 amide bonds. The zero-order valence-electron chi connectivity index (χ0n) is 47.4. The quantitative estimate of drug-likeness (QED) is 0.0224. The molecule has 0 aliphatic carbocycles. The topological polar surface area (TPSA) is 218 Å². The summed E-state index contributed by atoms with van der Waals surface area (Å²) in [5.41, 5.74) is 9.88. The van der Waals surface area contributed by atoms with Crippen molar-refractivity contribution in [2.45, 2.75) is 44.4 Å². The number of nitrogens with two attached hydrogens (primary N) is 1. The summed E-state index contributed by atoms with van der Waals surface area (Å²) in [7, 11) is -1.69. The molecule has 2 heterocycles. The second-order valence-corrected chi connectivity index (χ2v) is 21.1. The Morgan fingerprint density at radius 3 is 1.57 bits per heavy atom. The molecule has 0 spiro atoms. The first-order chi connectivity index (χ1) is 39.7. The molecule has 2 N–H and O–H groups in total. The zero-order chi connectivity index (χ0) is 59.0. The van der Waals surface area contributed by atoms with Crippen molar-refractivity contribution in [1.29, 1.82) is 0 Å². The van der Waals surface area contributed by atoms with E-state index >= 15 is 0 Å². The van der Waals surface area contributed by atoms with Gasteiger partial charge in [-0.3, -0.25) is 9.59 Å². The molecule has 3 aromatic carbocycles. The van der Waals surface area contributed by atoms with Crippen molar-refractivity contribution < 1.29 is 87.7 Å². The Morgan fingerprint density at radius 2 is 1.09 bits per heavy atom. The summed E-state index contributed by atoms with van der Waals surface area (Å²) in [5, 5.41) is 0. The van der Waals surface area contributed by atoms with Crippen LogP contribution < -0.4 is 10.5 Å². The Balaban J connectivity index is 0.760. The van der Waals surface area contributed by atoms with Crippen LogP contribution in [-0.4, -0.2) is 219 Å². The molecule has 82 heavy (non-hydrogen) atoms. The molecule has 1 fully saturated rings. The minimum Gasteiger partial charge on any atom is -0.420 e. The number of hydrogen-bond donors (Lipinski definition) is 1. The number of benzene rings is 3. The van der Waals surface area contributed by atoms with Crippen LogP contribution in [0.25, 0.3) is 17.2 Å². The second-order valence-electron chi connectivity index (χ2n) is 19.1. The molecule has 5 rings (SSSR count). The normalized spacial score (nSPS) is 13.9. The highest BCUT2D eigenvalue weighted by Gasteiger charge is 2.37. The summed E-state index contributed by atoms with van der Waals surface area (Å²) in [6.45, 7) is 14.9. The molecule has 0 atom stereocenters. The predicted molar refractivity (Wildman–Crippen MR) is 297 cm³/mol. The van der Waals surface area contributed by atoms with Crippen molar-refractivity contribution in [3.05, 3.63) is 82.9 Å². The van der Waals surface area contributed by atoms with Crippen molar-refractivity contribution in [3.8, 4) is 16.9 Å². The minimum absolute atomic E-state index is 0.0153. The van der Waals surface area contributed by atoms with Gasteiger partial charge in [0.05, 0.1) is 149 Å². The van der Waals surface area contributed by atoms with E-state index in [4.69, 9.17) is 53.1 Å². The van der Waals surface area contributed by atoms with Gasteiger partial charge in [0.25, 0.3) is 0 Å². The van der Waals surface area contributed by atoms with Crippen LogP contribution in [0.1, 0.15) is 45.1 Å². The third-order valence-corrected chi connectivity index (χ3v) is 14.4. The van der Waals surface area contributed by atoms with Gasteiger partial charge in [-0.25, -0.2) is 22.2 Å². The lowest BCUT2D eigenvalue weighted by Crippen LogP contribution is -2.53. The number of hydrogen-bond acceptors (Lipinski definition) is 18. The maximum Gasteiger partial charge on any atom is 0.313 e. The van der Waals surface area contributed by atoms with Gasteiger partial charge in [-0.15, -0.1) is 0 Å². The van der Waals surface area contributed by atoms with Crippen molar-refractivity contribution in [1.82, 2.24) is 14.1 Å². The molecule has 20 nitrogen and oxygen atoms in total. The number of aliphatic imine (C=N–C) groups is 1. The molecule has 0 unspecified atom stereocenters. The number of halogens is 4. The van der Waals surface area contributed by atoms with E-state index in [1.807, 2.05) is 42.3 Å². The fourth-order valence-corrected chi connectivity index (χ4v) is 10.0. The Bertz CT molecular complexity index is 2550. The van der Waals surface area contributed by atoms with Crippen LogP contribution >= 0.6 is 0 Å². The van der Waals surface area contributed by atoms with Crippen LogP contribution in [0.2, 0.25) is 0 Å². The summed E-state index contributed by atoms with van der Waals surface area (Å²) >= 11 is 0. The molecule has 2 aliphatic rings. The van der Waals surface area contributed by atoms with Crippen LogP contribution in [-0.2, 0) is 67.0 Å². The van der Waals surface area contributed by atoms with Gasteiger partial charge in [0.1, 0.15) is 5.84 Å². The fourth-order valence-electron chi connectivity index (χ4n) is 8.38. The minimum atomic E-state index is -3.70. The first-order valence-electron chi connectivity index (χ1n) is 27.8. The lowest BCUT2D eigenvalue weighted by molar-refractivity contribution is -0.136. The van der Waals surface area contributed by atoms with Gasteiger partial charge < -0.3 is 67.6 Å². The van der Waals surface area contributed by atoms with Gasteiger partial charge in [-0.1, -0.05) is 38.1 Å². The Kier molecular flexibility index (Phi) is 31.5. The lowest BCUT2D eigenvalue weighted by atomic mass is 10.0. The van der Waals surface area contributed by atoms with E-state index in [-0.39, 0.29) is 55.6 Å². The predicted octanol–water partition coefficient (Wildman–Crippen LogP) is 6.05. The molecule has 0 saturated carbocycles. The number of amides is 1. The average molecular weight is 1180 g/mol. The van der Waals surface area contributed by atoms with Crippen LogP contribution in [0.5, 0.6) is 5.75 Å². The molecule has 0 bridgehead atoms. The van der Waals surface area contributed by atoms with E-state index in [1.54, 1.807) is 18.2 Å². The highest BCUT2D eigenvalue weighted by atomic mass is 32.2. The van der Waals surface area contributed by atoms with Gasteiger partial charge in [0.2, 0.25) is 33.3 Å². The largest absolute Gasteiger partial charge is 0.420 e. The van der Waals surface area contributed by atoms with E-state index in [9.17, 15) is 35.6 Å². The number of sulfonamides is 1. The standard InChI is InChI=1S/C57H81F4N5O15S/c1-4-12-65(13-5-2)57(68)47-35-46-10-9-45(37-51(46)63-52(62)38-47)44-7-6-8-48(36-44)82(69,70)66-41-43(42-66)40-64(3)14-16-72-18-20-74-22-24-76-26-28-78-30-32-80-34-33-79-31-29-77-27-25-75-23-21-73-19-17-71-15-11-53(67)81-56-54(60)49(58)39-50(59)55(56)61/h6-10,35-37,39,43H,4-5,11-34,38,40-42H2,1-3H3,(H2,62,63). The SMILES string of the molecule is CCCN(CCC)C(=O)C1=Cc2ccc(-c3cccc(S(=O)(=O)N4CC(CN(C)CCOCCOCCOCCOCCOCCOCCOCCOCCOCCOCCC(=O)Oc5c(F)c(F)cc(F)c5F)C4)c3)cc2N=C(N)C1. The van der Waals surface area contributed by atoms with Crippen LogP contribution in [0.15, 0.2) is 64.0 Å².